The van der Waals surface area contributed by atoms with Crippen molar-refractivity contribution in [3.05, 3.63) is 70.8 Å². The van der Waals surface area contributed by atoms with Gasteiger partial charge >= 0.3 is 0 Å². The van der Waals surface area contributed by atoms with Crippen LogP contribution in [-0.4, -0.2) is 5.11 Å². The van der Waals surface area contributed by atoms with E-state index >= 15 is 0 Å². The Kier molecular flexibility index (Phi) is 3.16. The largest absolute Gasteiger partial charge is 0.384 e. The van der Waals surface area contributed by atoms with Crippen LogP contribution in [0, 0.1) is 0 Å². The van der Waals surface area contributed by atoms with Gasteiger partial charge in [0.05, 0.1) is 5.60 Å². The second-order valence-corrected chi connectivity index (χ2v) is 5.60. The summed E-state index contributed by atoms with van der Waals surface area (Å²) >= 11 is 0. The average molecular weight is 252 g/mol. The van der Waals surface area contributed by atoms with Crippen LogP contribution in [0.25, 0.3) is 0 Å². The van der Waals surface area contributed by atoms with E-state index in [1.54, 1.807) is 0 Å². The van der Waals surface area contributed by atoms with Gasteiger partial charge in [-0.25, -0.2) is 0 Å². The van der Waals surface area contributed by atoms with Gasteiger partial charge in [-0.05, 0) is 28.7 Å². The first kappa shape index (κ1) is 12.4. The molecule has 0 heterocycles. The van der Waals surface area contributed by atoms with Crippen molar-refractivity contribution < 1.29 is 5.11 Å². The number of benzene rings is 2. The summed E-state index contributed by atoms with van der Waals surface area (Å²) in [6, 6.07) is 16.8. The van der Waals surface area contributed by atoms with E-state index < -0.39 is 5.60 Å². The molecule has 0 aliphatic heterocycles. The van der Waals surface area contributed by atoms with Crippen molar-refractivity contribution in [2.75, 3.05) is 0 Å². The summed E-state index contributed by atoms with van der Waals surface area (Å²) in [4.78, 5) is 0. The van der Waals surface area contributed by atoms with Crippen LogP contribution in [0.2, 0.25) is 0 Å². The van der Waals surface area contributed by atoms with Crippen molar-refractivity contribution in [1.29, 1.82) is 0 Å². The van der Waals surface area contributed by atoms with E-state index in [1.807, 2.05) is 0 Å². The molecule has 1 heteroatoms. The molecule has 0 spiro atoms. The molecule has 0 aromatic heterocycles. The van der Waals surface area contributed by atoms with E-state index in [-0.39, 0.29) is 0 Å². The smallest absolute Gasteiger partial charge is 0.0977 e. The standard InChI is InChI=1S/C18H20O/c1-2-6-14-7-5-10-17(11-14)18(19)12-15-8-3-4-9-16(15)13-18/h3-5,7-11,19H,2,6,12-13H2,1H3. The number of rotatable bonds is 3. The second kappa shape index (κ2) is 4.82. The lowest BCUT2D eigenvalue weighted by atomic mass is 9.89. The Balaban J connectivity index is 1.93. The van der Waals surface area contributed by atoms with E-state index in [0.29, 0.717) is 0 Å². The van der Waals surface area contributed by atoms with Crippen molar-refractivity contribution in [2.24, 2.45) is 0 Å². The third-order valence-electron chi connectivity index (χ3n) is 4.09. The predicted molar refractivity (Wildman–Crippen MR) is 78.2 cm³/mol. The zero-order valence-electron chi connectivity index (χ0n) is 11.4. The molecule has 3 rings (SSSR count). The van der Waals surface area contributed by atoms with Crippen molar-refractivity contribution in [3.8, 4) is 0 Å². The highest BCUT2D eigenvalue weighted by Gasteiger charge is 2.36. The quantitative estimate of drug-likeness (QED) is 0.884. The van der Waals surface area contributed by atoms with Gasteiger partial charge in [-0.15, -0.1) is 0 Å². The summed E-state index contributed by atoms with van der Waals surface area (Å²) in [7, 11) is 0. The van der Waals surface area contributed by atoms with Gasteiger partial charge in [0.25, 0.3) is 0 Å². The molecule has 1 aliphatic carbocycles. The first-order valence-electron chi connectivity index (χ1n) is 7.10. The number of fused-ring (bicyclic) bond motifs is 1. The van der Waals surface area contributed by atoms with E-state index in [2.05, 4.69) is 55.5 Å². The molecule has 2 aromatic carbocycles. The summed E-state index contributed by atoms with van der Waals surface area (Å²) in [5.74, 6) is 0. The lowest BCUT2D eigenvalue weighted by Gasteiger charge is -2.23. The molecular weight excluding hydrogens is 232 g/mol. The fourth-order valence-corrected chi connectivity index (χ4v) is 3.10. The van der Waals surface area contributed by atoms with Crippen LogP contribution in [0.5, 0.6) is 0 Å². The monoisotopic (exact) mass is 252 g/mol. The summed E-state index contributed by atoms with van der Waals surface area (Å²) in [6.45, 7) is 2.19. The van der Waals surface area contributed by atoms with Crippen LogP contribution in [-0.2, 0) is 24.9 Å². The minimum absolute atomic E-state index is 0.715. The Labute approximate surface area is 114 Å². The fourth-order valence-electron chi connectivity index (χ4n) is 3.10. The van der Waals surface area contributed by atoms with E-state index in [0.717, 1.165) is 31.2 Å². The van der Waals surface area contributed by atoms with Crippen LogP contribution < -0.4 is 0 Å². The first-order valence-corrected chi connectivity index (χ1v) is 7.10. The van der Waals surface area contributed by atoms with Gasteiger partial charge in [0.2, 0.25) is 0 Å². The molecule has 2 aromatic rings. The molecule has 98 valence electrons. The molecule has 0 amide bonds. The highest BCUT2D eigenvalue weighted by Crippen LogP contribution is 2.37. The van der Waals surface area contributed by atoms with E-state index in [1.165, 1.54) is 16.7 Å². The highest BCUT2D eigenvalue weighted by molar-refractivity contribution is 5.40. The summed E-state index contributed by atoms with van der Waals surface area (Å²) in [5, 5.41) is 11.0. The highest BCUT2D eigenvalue weighted by atomic mass is 16.3. The third kappa shape index (κ3) is 2.31. The minimum Gasteiger partial charge on any atom is -0.384 e. The molecule has 1 aliphatic rings. The SMILES string of the molecule is CCCc1cccc(C2(O)Cc3ccccc3C2)c1. The Morgan fingerprint density at radius 3 is 2.32 bits per heavy atom. The van der Waals surface area contributed by atoms with Crippen LogP contribution in [0.3, 0.4) is 0 Å². The zero-order valence-corrected chi connectivity index (χ0v) is 11.4. The molecule has 0 bridgehead atoms. The third-order valence-corrected chi connectivity index (χ3v) is 4.09. The normalized spacial score (nSPS) is 16.3. The molecule has 0 saturated heterocycles. The predicted octanol–water partition coefficient (Wildman–Crippen LogP) is 3.63. The van der Waals surface area contributed by atoms with E-state index in [4.69, 9.17) is 0 Å². The molecule has 0 unspecified atom stereocenters. The van der Waals surface area contributed by atoms with Crippen molar-refractivity contribution in [2.45, 2.75) is 38.2 Å². The van der Waals surface area contributed by atoms with Gasteiger partial charge in [0, 0.05) is 12.8 Å². The van der Waals surface area contributed by atoms with Crippen LogP contribution in [0.15, 0.2) is 48.5 Å². The second-order valence-electron chi connectivity index (χ2n) is 5.60. The number of aryl methyl sites for hydroxylation is 1. The molecule has 1 N–H and O–H groups in total. The summed E-state index contributed by atoms with van der Waals surface area (Å²) < 4.78 is 0. The van der Waals surface area contributed by atoms with Gasteiger partial charge in [0.15, 0.2) is 0 Å². The average Bonchev–Trinajstić information content (AvgIpc) is 2.77. The van der Waals surface area contributed by atoms with Gasteiger partial charge in [0.1, 0.15) is 0 Å². The first-order chi connectivity index (χ1) is 9.21. The zero-order chi connectivity index (χ0) is 13.3. The minimum atomic E-state index is -0.715. The molecule has 0 atom stereocenters. The molecule has 1 nitrogen and oxygen atoms in total. The molecular formula is C18H20O. The lowest BCUT2D eigenvalue weighted by Crippen LogP contribution is -2.26. The lowest BCUT2D eigenvalue weighted by molar-refractivity contribution is 0.0481. The Bertz CT molecular complexity index is 561. The molecule has 0 saturated carbocycles. The van der Waals surface area contributed by atoms with Gasteiger partial charge in [-0.2, -0.15) is 0 Å². The van der Waals surface area contributed by atoms with E-state index in [9.17, 15) is 5.11 Å². The Hall–Kier alpha value is -1.60. The van der Waals surface area contributed by atoms with Gasteiger partial charge in [-0.1, -0.05) is 61.9 Å². The topological polar surface area (TPSA) is 20.2 Å². The van der Waals surface area contributed by atoms with Crippen LogP contribution >= 0.6 is 0 Å². The fraction of sp³-hybridized carbons (Fsp3) is 0.333. The Morgan fingerprint density at radius 1 is 1.00 bits per heavy atom. The van der Waals surface area contributed by atoms with Crippen LogP contribution in [0.1, 0.15) is 35.6 Å². The van der Waals surface area contributed by atoms with Gasteiger partial charge < -0.3 is 5.11 Å². The maximum atomic E-state index is 11.0. The van der Waals surface area contributed by atoms with Crippen molar-refractivity contribution in [1.82, 2.24) is 0 Å². The molecule has 0 fully saturated rings. The number of aliphatic hydroxyl groups is 1. The van der Waals surface area contributed by atoms with Gasteiger partial charge in [-0.3, -0.25) is 0 Å². The summed E-state index contributed by atoms with van der Waals surface area (Å²) in [5.41, 5.74) is 4.24. The van der Waals surface area contributed by atoms with Crippen LogP contribution in [0.4, 0.5) is 0 Å². The number of hydrogen-bond acceptors (Lipinski definition) is 1. The summed E-state index contributed by atoms with van der Waals surface area (Å²) in [6.07, 6.45) is 3.69. The molecule has 0 radical (unpaired) electrons. The van der Waals surface area contributed by atoms with Crippen molar-refractivity contribution in [3.63, 3.8) is 0 Å². The Morgan fingerprint density at radius 2 is 1.68 bits per heavy atom. The maximum Gasteiger partial charge on any atom is 0.0977 e. The maximum absolute atomic E-state index is 11.0. The van der Waals surface area contributed by atoms with Crippen molar-refractivity contribution >= 4 is 0 Å². The molecule has 19 heavy (non-hydrogen) atoms. The number of hydrogen-bond donors (Lipinski definition) is 1.